The molecule has 1 heterocycles. The zero-order valence-corrected chi connectivity index (χ0v) is 13.2. The molecule has 3 rings (SSSR count). The first-order valence-electron chi connectivity index (χ1n) is 8.08. The lowest BCUT2D eigenvalue weighted by Crippen LogP contribution is -2.43. The van der Waals surface area contributed by atoms with Crippen LogP contribution in [-0.4, -0.2) is 10.1 Å². The summed E-state index contributed by atoms with van der Waals surface area (Å²) in [5.74, 6) is 1.41. The fraction of sp³-hybridized carbons (Fsp3) is 0.526. The summed E-state index contributed by atoms with van der Waals surface area (Å²) in [6.07, 6.45) is 5.01. The zero-order valence-electron chi connectivity index (χ0n) is 13.2. The number of hydrogen-bond acceptors (Lipinski definition) is 2. The van der Waals surface area contributed by atoms with E-state index in [4.69, 9.17) is 0 Å². The summed E-state index contributed by atoms with van der Waals surface area (Å²) in [5.41, 5.74) is 1.36. The van der Waals surface area contributed by atoms with Gasteiger partial charge in [-0.15, -0.1) is 0 Å². The van der Waals surface area contributed by atoms with Crippen LogP contribution < -0.4 is 0 Å². The average molecular weight is 283 g/mol. The van der Waals surface area contributed by atoms with Crippen molar-refractivity contribution in [3.63, 3.8) is 0 Å². The molecule has 2 heteroatoms. The summed E-state index contributed by atoms with van der Waals surface area (Å²) in [4.78, 5) is 4.38. The highest BCUT2D eigenvalue weighted by Crippen LogP contribution is 2.47. The second-order valence-electron chi connectivity index (χ2n) is 7.07. The molecule has 112 valence electrons. The number of aromatic nitrogens is 1. The van der Waals surface area contributed by atoms with Crippen LogP contribution >= 0.6 is 0 Å². The molecule has 1 aliphatic rings. The maximum Gasteiger partial charge on any atom is 0.0929 e. The first-order valence-corrected chi connectivity index (χ1v) is 8.08. The van der Waals surface area contributed by atoms with Gasteiger partial charge in [0.1, 0.15) is 0 Å². The third-order valence-corrected chi connectivity index (χ3v) is 5.15. The van der Waals surface area contributed by atoms with Gasteiger partial charge >= 0.3 is 0 Å². The highest BCUT2D eigenvalue weighted by Gasteiger charge is 2.43. The molecule has 3 unspecified atom stereocenters. The molecule has 3 atom stereocenters. The van der Waals surface area contributed by atoms with Crippen LogP contribution in [0.3, 0.4) is 0 Å². The molecule has 1 aromatic heterocycles. The van der Waals surface area contributed by atoms with E-state index in [1.54, 1.807) is 0 Å². The van der Waals surface area contributed by atoms with Gasteiger partial charge in [0.2, 0.25) is 0 Å². The van der Waals surface area contributed by atoms with E-state index in [1.807, 2.05) is 18.3 Å². The summed E-state index contributed by atoms with van der Waals surface area (Å²) >= 11 is 0. The Bertz CT molecular complexity index is 636. The Labute approximate surface area is 127 Å². The third kappa shape index (κ3) is 2.57. The van der Waals surface area contributed by atoms with Crippen molar-refractivity contribution in [2.24, 2.45) is 17.8 Å². The lowest BCUT2D eigenvalue weighted by molar-refractivity contribution is -0.0864. The van der Waals surface area contributed by atoms with Crippen LogP contribution in [0.1, 0.15) is 45.6 Å². The van der Waals surface area contributed by atoms with E-state index in [0.29, 0.717) is 17.8 Å². The predicted octanol–water partition coefficient (Wildman–Crippen LogP) is 4.51. The Balaban J connectivity index is 2.07. The van der Waals surface area contributed by atoms with Crippen LogP contribution in [0.5, 0.6) is 0 Å². The molecule has 0 amide bonds. The lowest BCUT2D eigenvalue weighted by atomic mass is 9.64. The molecule has 1 saturated carbocycles. The minimum atomic E-state index is -0.699. The van der Waals surface area contributed by atoms with E-state index in [9.17, 15) is 5.11 Å². The van der Waals surface area contributed by atoms with Crippen LogP contribution in [0, 0.1) is 17.8 Å². The molecule has 2 aromatic rings. The fourth-order valence-electron chi connectivity index (χ4n) is 4.05. The molecule has 1 fully saturated rings. The van der Waals surface area contributed by atoms with Gasteiger partial charge in [0, 0.05) is 11.6 Å². The van der Waals surface area contributed by atoms with Gasteiger partial charge in [0.15, 0.2) is 0 Å². The van der Waals surface area contributed by atoms with Crippen LogP contribution in [0.15, 0.2) is 36.5 Å². The maximum atomic E-state index is 11.5. The molecule has 0 spiro atoms. The van der Waals surface area contributed by atoms with Crippen molar-refractivity contribution in [3.8, 4) is 0 Å². The van der Waals surface area contributed by atoms with E-state index >= 15 is 0 Å². The van der Waals surface area contributed by atoms with E-state index in [2.05, 4.69) is 44.0 Å². The monoisotopic (exact) mass is 283 g/mol. The van der Waals surface area contributed by atoms with Gasteiger partial charge in [0.05, 0.1) is 11.1 Å². The first-order chi connectivity index (χ1) is 10.0. The quantitative estimate of drug-likeness (QED) is 0.879. The number of pyridine rings is 1. The lowest BCUT2D eigenvalue weighted by Gasteiger charge is -2.45. The molecule has 0 saturated heterocycles. The molecular weight excluding hydrogens is 258 g/mol. The summed E-state index contributed by atoms with van der Waals surface area (Å²) in [6, 6.07) is 10.3. The van der Waals surface area contributed by atoms with Gasteiger partial charge in [-0.1, -0.05) is 39.3 Å². The molecule has 0 bridgehead atoms. The number of hydrogen-bond donors (Lipinski definition) is 1. The molecular formula is C19H25NO. The first kappa shape index (κ1) is 14.5. The summed E-state index contributed by atoms with van der Waals surface area (Å²) in [6.45, 7) is 6.71. The summed E-state index contributed by atoms with van der Waals surface area (Å²) in [7, 11) is 0. The summed E-state index contributed by atoms with van der Waals surface area (Å²) in [5, 5.41) is 12.6. The molecule has 0 radical (unpaired) electrons. The van der Waals surface area contributed by atoms with Gasteiger partial charge in [0.25, 0.3) is 0 Å². The minimum absolute atomic E-state index is 0.336. The maximum absolute atomic E-state index is 11.5. The number of fused-ring (bicyclic) bond motifs is 1. The molecule has 1 aliphatic carbocycles. The van der Waals surface area contributed by atoms with Crippen molar-refractivity contribution in [2.75, 3.05) is 0 Å². The summed E-state index contributed by atoms with van der Waals surface area (Å²) < 4.78 is 0. The molecule has 0 aliphatic heterocycles. The topological polar surface area (TPSA) is 33.1 Å². The van der Waals surface area contributed by atoms with Crippen molar-refractivity contribution in [3.05, 3.63) is 42.1 Å². The van der Waals surface area contributed by atoms with Crippen LogP contribution in [0.25, 0.3) is 10.9 Å². The Morgan fingerprint density at radius 1 is 1.24 bits per heavy atom. The zero-order chi connectivity index (χ0) is 15.0. The fourth-order valence-corrected chi connectivity index (χ4v) is 4.05. The number of benzene rings is 1. The van der Waals surface area contributed by atoms with E-state index in [1.165, 1.54) is 6.42 Å². The molecule has 21 heavy (non-hydrogen) atoms. The molecule has 1 N–H and O–H groups in total. The van der Waals surface area contributed by atoms with Crippen molar-refractivity contribution >= 4 is 10.9 Å². The third-order valence-electron chi connectivity index (χ3n) is 5.15. The van der Waals surface area contributed by atoms with Gasteiger partial charge in [-0.3, -0.25) is 4.98 Å². The smallest absolute Gasteiger partial charge is 0.0929 e. The standard InChI is InChI=1S/C19H25NO/c1-13(2)17-8-6-14(3)12-19(17,21)16-7-9-18-15(11-16)5-4-10-20-18/h4-5,7,9-11,13-14,17,21H,6,8,12H2,1-3H3. The van der Waals surface area contributed by atoms with Gasteiger partial charge in [-0.25, -0.2) is 0 Å². The Hall–Kier alpha value is -1.41. The van der Waals surface area contributed by atoms with Crippen LogP contribution in [-0.2, 0) is 5.60 Å². The van der Waals surface area contributed by atoms with Crippen molar-refractivity contribution in [1.82, 2.24) is 4.98 Å². The van der Waals surface area contributed by atoms with Crippen molar-refractivity contribution in [1.29, 1.82) is 0 Å². The van der Waals surface area contributed by atoms with Crippen LogP contribution in [0.4, 0.5) is 0 Å². The highest BCUT2D eigenvalue weighted by molar-refractivity contribution is 5.79. The van der Waals surface area contributed by atoms with Crippen molar-refractivity contribution < 1.29 is 5.11 Å². The second kappa shape index (κ2) is 5.42. The normalized spacial score (nSPS) is 30.0. The number of rotatable bonds is 2. The van der Waals surface area contributed by atoms with Crippen molar-refractivity contribution in [2.45, 2.75) is 45.6 Å². The van der Waals surface area contributed by atoms with Crippen LogP contribution in [0.2, 0.25) is 0 Å². The highest BCUT2D eigenvalue weighted by atomic mass is 16.3. The van der Waals surface area contributed by atoms with E-state index < -0.39 is 5.60 Å². The Morgan fingerprint density at radius 2 is 2.05 bits per heavy atom. The second-order valence-corrected chi connectivity index (χ2v) is 7.07. The molecule has 2 nitrogen and oxygen atoms in total. The average Bonchev–Trinajstić information content (AvgIpc) is 2.46. The Kier molecular flexibility index (Phi) is 3.75. The van der Waals surface area contributed by atoms with Gasteiger partial charge in [-0.05, 0) is 54.4 Å². The SMILES string of the molecule is CC1CCC(C(C)C)C(O)(c2ccc3ncccc3c2)C1. The van der Waals surface area contributed by atoms with E-state index in [-0.39, 0.29) is 0 Å². The van der Waals surface area contributed by atoms with Gasteiger partial charge in [-0.2, -0.15) is 0 Å². The van der Waals surface area contributed by atoms with Gasteiger partial charge < -0.3 is 5.11 Å². The Morgan fingerprint density at radius 3 is 2.81 bits per heavy atom. The number of aliphatic hydroxyl groups is 1. The minimum Gasteiger partial charge on any atom is -0.385 e. The molecule has 1 aromatic carbocycles. The van der Waals surface area contributed by atoms with E-state index in [0.717, 1.165) is 29.3 Å². The largest absolute Gasteiger partial charge is 0.385 e. The predicted molar refractivity (Wildman–Crippen MR) is 87.0 cm³/mol. The number of nitrogens with zero attached hydrogens (tertiary/aromatic N) is 1.